The molecule has 1 aromatic heterocycles. The van der Waals surface area contributed by atoms with Crippen LogP contribution in [0.5, 0.6) is 0 Å². The molecule has 0 radical (unpaired) electrons. The van der Waals surface area contributed by atoms with Crippen LogP contribution in [0, 0.1) is 5.92 Å². The maximum atomic E-state index is 12.6. The highest BCUT2D eigenvalue weighted by atomic mass is 16.2. The monoisotopic (exact) mass is 246 g/mol. The first kappa shape index (κ1) is 10.6. The van der Waals surface area contributed by atoms with Crippen LogP contribution in [0.3, 0.4) is 0 Å². The summed E-state index contributed by atoms with van der Waals surface area (Å²) < 4.78 is 2.05. The highest BCUT2D eigenvalue weighted by Crippen LogP contribution is 2.41. The molecule has 2 aliphatic heterocycles. The molecule has 2 fully saturated rings. The number of fused-ring (bicyclic) bond motifs is 1. The Labute approximate surface area is 106 Å². The molecule has 96 valence electrons. The number of imidazole rings is 1. The van der Waals surface area contributed by atoms with Crippen LogP contribution >= 0.6 is 0 Å². The zero-order chi connectivity index (χ0) is 12.2. The third-order valence-corrected chi connectivity index (χ3v) is 4.79. The van der Waals surface area contributed by atoms with Crippen LogP contribution in [-0.4, -0.2) is 34.1 Å². The number of hydrogen-bond donors (Lipinski definition) is 1. The number of aromatic nitrogens is 2. The van der Waals surface area contributed by atoms with Gasteiger partial charge in [-0.15, -0.1) is 0 Å². The second-order valence-corrected chi connectivity index (χ2v) is 5.83. The fraction of sp³-hybridized carbons (Fsp3) is 0.692. The van der Waals surface area contributed by atoms with E-state index in [1.807, 2.05) is 11.1 Å². The third kappa shape index (κ3) is 1.37. The van der Waals surface area contributed by atoms with E-state index in [1.54, 1.807) is 6.20 Å². The number of carbonyl (C=O) groups excluding carboxylic acids is 1. The highest BCUT2D eigenvalue weighted by molar-refractivity contribution is 5.94. The first-order chi connectivity index (χ1) is 8.77. The summed E-state index contributed by atoms with van der Waals surface area (Å²) in [6, 6.07) is 0. The minimum atomic E-state index is 0.147. The van der Waals surface area contributed by atoms with E-state index >= 15 is 0 Å². The molecule has 3 heterocycles. The molecular weight excluding hydrogens is 228 g/mol. The average Bonchev–Trinajstić information content (AvgIpc) is 3.01. The van der Waals surface area contributed by atoms with Gasteiger partial charge < -0.3 is 9.88 Å². The fourth-order valence-corrected chi connectivity index (χ4v) is 3.57. The predicted molar refractivity (Wildman–Crippen MR) is 67.3 cm³/mol. The van der Waals surface area contributed by atoms with Crippen LogP contribution in [0.25, 0.3) is 0 Å². The molecule has 1 aliphatic carbocycles. The Hall–Kier alpha value is -1.36. The van der Waals surface area contributed by atoms with Gasteiger partial charge in [-0.25, -0.2) is 4.98 Å². The molecule has 1 aromatic rings. The molecule has 1 unspecified atom stereocenters. The second kappa shape index (κ2) is 3.57. The number of rotatable bonds is 1. The van der Waals surface area contributed by atoms with Gasteiger partial charge in [-0.3, -0.25) is 9.69 Å². The number of nitrogens with one attached hydrogen (secondary N) is 1. The first-order valence-corrected chi connectivity index (χ1v) is 6.85. The van der Waals surface area contributed by atoms with Crippen molar-refractivity contribution in [1.29, 1.82) is 0 Å². The Bertz CT molecular complexity index is 491. The zero-order valence-electron chi connectivity index (χ0n) is 10.4. The number of amides is 1. The molecule has 5 heteroatoms. The van der Waals surface area contributed by atoms with Crippen molar-refractivity contribution in [2.24, 2.45) is 5.92 Å². The van der Waals surface area contributed by atoms with Gasteiger partial charge in [0.2, 0.25) is 11.9 Å². The maximum Gasteiger partial charge on any atom is 0.233 e. The molecule has 1 saturated carbocycles. The third-order valence-electron chi connectivity index (χ3n) is 4.79. The lowest BCUT2D eigenvalue weighted by atomic mass is 9.74. The Balaban J connectivity index is 1.51. The van der Waals surface area contributed by atoms with Gasteiger partial charge >= 0.3 is 0 Å². The Morgan fingerprint density at radius 3 is 3.06 bits per heavy atom. The molecule has 0 bridgehead atoms. The van der Waals surface area contributed by atoms with Crippen molar-refractivity contribution in [1.82, 2.24) is 14.9 Å². The van der Waals surface area contributed by atoms with Crippen molar-refractivity contribution in [3.05, 3.63) is 12.4 Å². The number of hydrogen-bond acceptors (Lipinski definition) is 3. The summed E-state index contributed by atoms with van der Waals surface area (Å²) in [5.41, 5.74) is 0.301. The molecule has 1 atom stereocenters. The lowest BCUT2D eigenvalue weighted by molar-refractivity contribution is -0.122. The zero-order valence-corrected chi connectivity index (χ0v) is 10.4. The molecule has 1 saturated heterocycles. The van der Waals surface area contributed by atoms with Crippen LogP contribution in [-0.2, 0) is 11.3 Å². The summed E-state index contributed by atoms with van der Waals surface area (Å²) in [7, 11) is 0. The van der Waals surface area contributed by atoms with Crippen LogP contribution in [0.2, 0.25) is 0 Å². The van der Waals surface area contributed by atoms with E-state index < -0.39 is 0 Å². The number of nitrogens with zero attached hydrogens (tertiary/aromatic N) is 3. The summed E-state index contributed by atoms with van der Waals surface area (Å²) in [6.45, 7) is 2.51. The van der Waals surface area contributed by atoms with Crippen molar-refractivity contribution < 1.29 is 4.79 Å². The molecule has 1 amide bonds. The van der Waals surface area contributed by atoms with Crippen molar-refractivity contribution in [2.75, 3.05) is 18.0 Å². The molecule has 1 N–H and O–H groups in total. The number of anilines is 1. The van der Waals surface area contributed by atoms with Crippen LogP contribution in [0.4, 0.5) is 5.95 Å². The Morgan fingerprint density at radius 1 is 1.44 bits per heavy atom. The van der Waals surface area contributed by atoms with E-state index in [0.717, 1.165) is 32.0 Å². The maximum absolute atomic E-state index is 12.6. The normalized spacial score (nSPS) is 28.4. The van der Waals surface area contributed by atoms with E-state index in [0.29, 0.717) is 5.54 Å². The summed E-state index contributed by atoms with van der Waals surface area (Å²) in [4.78, 5) is 18.7. The molecule has 0 aromatic carbocycles. The van der Waals surface area contributed by atoms with Gasteiger partial charge in [0.15, 0.2) is 0 Å². The van der Waals surface area contributed by atoms with Gasteiger partial charge in [-0.1, -0.05) is 0 Å². The molecule has 3 aliphatic rings. The molecule has 4 rings (SSSR count). The van der Waals surface area contributed by atoms with Gasteiger partial charge in [-0.2, -0.15) is 0 Å². The van der Waals surface area contributed by atoms with Crippen LogP contribution < -0.4 is 10.2 Å². The van der Waals surface area contributed by atoms with Gasteiger partial charge in [-0.05, 0) is 25.7 Å². The fourth-order valence-electron chi connectivity index (χ4n) is 3.57. The van der Waals surface area contributed by atoms with E-state index in [-0.39, 0.29) is 11.8 Å². The van der Waals surface area contributed by atoms with Gasteiger partial charge in [0.05, 0.1) is 5.92 Å². The molecule has 5 nitrogen and oxygen atoms in total. The molecular formula is C13H18N4O. The first-order valence-electron chi connectivity index (χ1n) is 6.85. The Kier molecular flexibility index (Phi) is 2.09. The highest BCUT2D eigenvalue weighted by Gasteiger charge is 2.46. The van der Waals surface area contributed by atoms with Crippen LogP contribution in [0.15, 0.2) is 12.4 Å². The van der Waals surface area contributed by atoms with Crippen molar-refractivity contribution in [3.63, 3.8) is 0 Å². The van der Waals surface area contributed by atoms with E-state index in [4.69, 9.17) is 0 Å². The van der Waals surface area contributed by atoms with Gasteiger partial charge in [0, 0.05) is 37.6 Å². The topological polar surface area (TPSA) is 50.2 Å². The summed E-state index contributed by atoms with van der Waals surface area (Å²) >= 11 is 0. The molecule has 18 heavy (non-hydrogen) atoms. The largest absolute Gasteiger partial charge is 0.315 e. The lowest BCUT2D eigenvalue weighted by Gasteiger charge is -2.38. The van der Waals surface area contributed by atoms with E-state index in [1.165, 1.54) is 19.3 Å². The summed E-state index contributed by atoms with van der Waals surface area (Å²) in [5, 5.41) is 3.57. The predicted octanol–water partition coefficient (Wildman–Crippen LogP) is 0.762. The lowest BCUT2D eigenvalue weighted by Crippen LogP contribution is -2.45. The Morgan fingerprint density at radius 2 is 2.33 bits per heavy atom. The SMILES string of the molecule is O=C(C1CNC2(CCC2)C1)N1CCn2ccnc21. The van der Waals surface area contributed by atoms with Crippen LogP contribution in [0.1, 0.15) is 25.7 Å². The van der Waals surface area contributed by atoms with Crippen molar-refractivity contribution in [2.45, 2.75) is 37.8 Å². The van der Waals surface area contributed by atoms with E-state index in [2.05, 4.69) is 14.9 Å². The van der Waals surface area contributed by atoms with Gasteiger partial charge in [0.1, 0.15) is 0 Å². The summed E-state index contributed by atoms with van der Waals surface area (Å²) in [5.74, 6) is 1.24. The molecule has 1 spiro atoms. The average molecular weight is 246 g/mol. The minimum Gasteiger partial charge on any atom is -0.315 e. The smallest absolute Gasteiger partial charge is 0.233 e. The van der Waals surface area contributed by atoms with E-state index in [9.17, 15) is 4.79 Å². The minimum absolute atomic E-state index is 0.147. The van der Waals surface area contributed by atoms with Crippen molar-refractivity contribution in [3.8, 4) is 0 Å². The number of carbonyl (C=O) groups is 1. The standard InChI is InChI=1S/C13H18N4O/c18-11(10-8-13(15-9-10)2-1-3-13)17-7-6-16-5-4-14-12(16)17/h4-5,10,15H,1-3,6-9H2. The second-order valence-electron chi connectivity index (χ2n) is 5.83. The summed E-state index contributed by atoms with van der Waals surface area (Å²) in [6.07, 6.45) is 8.53. The van der Waals surface area contributed by atoms with Crippen molar-refractivity contribution >= 4 is 11.9 Å². The van der Waals surface area contributed by atoms with Gasteiger partial charge in [0.25, 0.3) is 0 Å². The quantitative estimate of drug-likeness (QED) is 0.796.